The molecule has 0 radical (unpaired) electrons. The van der Waals surface area contributed by atoms with Gasteiger partial charge in [-0.1, -0.05) is 26.3 Å². The van der Waals surface area contributed by atoms with Gasteiger partial charge in [-0.3, -0.25) is 0 Å². The monoisotopic (exact) mass is 281 g/mol. The van der Waals surface area contributed by atoms with Crippen LogP contribution in [0.15, 0.2) is 18.2 Å². The minimum atomic E-state index is -0.257. The van der Waals surface area contributed by atoms with Gasteiger partial charge in [-0.15, -0.1) is 0 Å². The first kappa shape index (κ1) is 17.0. The first-order chi connectivity index (χ1) is 9.75. The maximum atomic E-state index is 13.5. The molecule has 0 amide bonds. The molecule has 1 aliphatic heterocycles. The number of piperidine rings is 1. The average Bonchev–Trinajstić information content (AvgIpc) is 2.48. The molecule has 20 heavy (non-hydrogen) atoms. The molecule has 0 aromatic heterocycles. The van der Waals surface area contributed by atoms with Crippen LogP contribution in [0.3, 0.4) is 0 Å². The maximum Gasteiger partial charge on any atom is 0.165 e. The van der Waals surface area contributed by atoms with Crippen LogP contribution < -0.4 is 4.74 Å². The van der Waals surface area contributed by atoms with Gasteiger partial charge >= 0.3 is 0 Å². The molecule has 0 aliphatic carbocycles. The third-order valence-electron chi connectivity index (χ3n) is 3.41. The smallest absolute Gasteiger partial charge is 0.165 e. The number of benzene rings is 1. The van der Waals surface area contributed by atoms with Gasteiger partial charge in [-0.05, 0) is 57.0 Å². The van der Waals surface area contributed by atoms with Crippen LogP contribution in [-0.4, -0.2) is 31.1 Å². The molecular weight excluding hydrogens is 253 g/mol. The fraction of sp³-hybridized carbons (Fsp3) is 0.647. The molecule has 2 nitrogen and oxygen atoms in total. The Morgan fingerprint density at radius 2 is 1.85 bits per heavy atom. The second-order valence-corrected chi connectivity index (χ2v) is 5.04. The molecule has 2 rings (SSSR count). The predicted molar refractivity (Wildman–Crippen MR) is 82.9 cm³/mol. The van der Waals surface area contributed by atoms with E-state index in [1.807, 2.05) is 26.8 Å². The molecule has 0 unspecified atom stereocenters. The molecule has 3 heteroatoms. The number of hydrogen-bond acceptors (Lipinski definition) is 2. The number of ether oxygens (including phenoxy) is 1. The van der Waals surface area contributed by atoms with Crippen molar-refractivity contribution in [2.24, 2.45) is 0 Å². The first-order valence-corrected chi connectivity index (χ1v) is 7.87. The summed E-state index contributed by atoms with van der Waals surface area (Å²) in [6.07, 6.45) is 4.95. The Labute approximate surface area is 122 Å². The minimum absolute atomic E-state index is 0.257. The van der Waals surface area contributed by atoms with Crippen molar-refractivity contribution < 1.29 is 9.13 Å². The molecule has 1 aromatic rings. The molecule has 1 aliphatic rings. The largest absolute Gasteiger partial charge is 0.490 e. The summed E-state index contributed by atoms with van der Waals surface area (Å²) in [4.78, 5) is 2.47. The zero-order chi connectivity index (χ0) is 14.8. The summed E-state index contributed by atoms with van der Waals surface area (Å²) in [5, 5.41) is 0. The van der Waals surface area contributed by atoms with Gasteiger partial charge in [0.15, 0.2) is 11.6 Å². The van der Waals surface area contributed by atoms with E-state index >= 15 is 0 Å². The van der Waals surface area contributed by atoms with Gasteiger partial charge in [0.1, 0.15) is 0 Å². The summed E-state index contributed by atoms with van der Waals surface area (Å²) in [5.74, 6) is 0.118. The predicted octanol–water partition coefficient (Wildman–Crippen LogP) is 4.42. The van der Waals surface area contributed by atoms with Gasteiger partial charge in [0.05, 0.1) is 6.61 Å². The Hall–Kier alpha value is -1.09. The molecule has 114 valence electrons. The third kappa shape index (κ3) is 5.91. The third-order valence-corrected chi connectivity index (χ3v) is 3.41. The van der Waals surface area contributed by atoms with Crippen LogP contribution in [0.2, 0.25) is 0 Å². The van der Waals surface area contributed by atoms with Gasteiger partial charge in [0.2, 0.25) is 0 Å². The molecule has 0 spiro atoms. The molecule has 1 fully saturated rings. The normalized spacial score (nSPS) is 15.4. The fourth-order valence-electron chi connectivity index (χ4n) is 2.38. The standard InChI is InChI=1S/C15H22FNO.C2H6/c1-13-6-7-15(14(16)12-13)18-11-5-10-17-8-3-2-4-9-17;1-2/h6-7,12H,2-5,8-11H2,1H3;1-2H3. The highest BCUT2D eigenvalue weighted by atomic mass is 19.1. The molecular formula is C17H28FNO. The molecule has 0 N–H and O–H groups in total. The summed E-state index contributed by atoms with van der Waals surface area (Å²) < 4.78 is 19.0. The van der Waals surface area contributed by atoms with Crippen LogP contribution in [0, 0.1) is 12.7 Å². The maximum absolute atomic E-state index is 13.5. The van der Waals surface area contributed by atoms with Gasteiger partial charge < -0.3 is 9.64 Å². The second-order valence-electron chi connectivity index (χ2n) is 5.04. The van der Waals surface area contributed by atoms with E-state index in [2.05, 4.69) is 4.90 Å². The minimum Gasteiger partial charge on any atom is -0.490 e. The van der Waals surface area contributed by atoms with E-state index in [4.69, 9.17) is 4.74 Å². The van der Waals surface area contributed by atoms with E-state index in [1.54, 1.807) is 6.07 Å². The fourth-order valence-corrected chi connectivity index (χ4v) is 2.38. The zero-order valence-electron chi connectivity index (χ0n) is 13.1. The summed E-state index contributed by atoms with van der Waals surface area (Å²) >= 11 is 0. The van der Waals surface area contributed by atoms with Gasteiger partial charge in [0.25, 0.3) is 0 Å². The van der Waals surface area contributed by atoms with Crippen molar-refractivity contribution in [1.82, 2.24) is 4.90 Å². The van der Waals surface area contributed by atoms with E-state index in [9.17, 15) is 4.39 Å². The number of hydrogen-bond donors (Lipinski definition) is 0. The van der Waals surface area contributed by atoms with Crippen LogP contribution in [-0.2, 0) is 0 Å². The lowest BCUT2D eigenvalue weighted by molar-refractivity contribution is 0.203. The lowest BCUT2D eigenvalue weighted by Gasteiger charge is -2.26. The molecule has 0 saturated carbocycles. The van der Waals surface area contributed by atoms with Crippen molar-refractivity contribution in [3.63, 3.8) is 0 Å². The lowest BCUT2D eigenvalue weighted by Crippen LogP contribution is -2.31. The number of likely N-dealkylation sites (tertiary alicyclic amines) is 1. The summed E-state index contributed by atoms with van der Waals surface area (Å²) in [6, 6.07) is 5.11. The summed E-state index contributed by atoms with van der Waals surface area (Å²) in [6.45, 7) is 9.95. The van der Waals surface area contributed by atoms with Crippen molar-refractivity contribution in [3.8, 4) is 5.75 Å². The van der Waals surface area contributed by atoms with Crippen LogP contribution in [0.4, 0.5) is 4.39 Å². The second kappa shape index (κ2) is 9.76. The number of rotatable bonds is 5. The average molecular weight is 281 g/mol. The Morgan fingerprint density at radius 3 is 2.50 bits per heavy atom. The molecule has 1 heterocycles. The zero-order valence-corrected chi connectivity index (χ0v) is 13.1. The highest BCUT2D eigenvalue weighted by Gasteiger charge is 2.09. The van der Waals surface area contributed by atoms with Crippen molar-refractivity contribution >= 4 is 0 Å². The van der Waals surface area contributed by atoms with Crippen LogP contribution in [0.1, 0.15) is 45.1 Å². The van der Waals surface area contributed by atoms with Gasteiger partial charge in [-0.25, -0.2) is 4.39 Å². The van der Waals surface area contributed by atoms with Crippen molar-refractivity contribution in [2.45, 2.75) is 46.5 Å². The number of aryl methyl sites for hydroxylation is 1. The van der Waals surface area contributed by atoms with E-state index in [1.165, 1.54) is 38.4 Å². The van der Waals surface area contributed by atoms with Crippen LogP contribution in [0.5, 0.6) is 5.75 Å². The highest BCUT2D eigenvalue weighted by molar-refractivity contribution is 5.28. The Bertz CT molecular complexity index is 375. The van der Waals surface area contributed by atoms with E-state index in [-0.39, 0.29) is 5.82 Å². The van der Waals surface area contributed by atoms with E-state index < -0.39 is 0 Å². The quantitative estimate of drug-likeness (QED) is 0.741. The SMILES string of the molecule is CC.Cc1ccc(OCCCN2CCCCC2)c(F)c1. The Morgan fingerprint density at radius 1 is 1.15 bits per heavy atom. The summed E-state index contributed by atoms with van der Waals surface area (Å²) in [7, 11) is 0. The van der Waals surface area contributed by atoms with Crippen LogP contribution in [0.25, 0.3) is 0 Å². The topological polar surface area (TPSA) is 12.5 Å². The van der Waals surface area contributed by atoms with E-state index in [0.717, 1.165) is 18.5 Å². The van der Waals surface area contributed by atoms with Gasteiger partial charge in [-0.2, -0.15) is 0 Å². The highest BCUT2D eigenvalue weighted by Crippen LogP contribution is 2.18. The molecule has 0 atom stereocenters. The number of halogens is 1. The summed E-state index contributed by atoms with van der Waals surface area (Å²) in [5.41, 5.74) is 0.924. The lowest BCUT2D eigenvalue weighted by atomic mass is 10.1. The number of nitrogens with zero attached hydrogens (tertiary/aromatic N) is 1. The van der Waals surface area contributed by atoms with Crippen molar-refractivity contribution in [1.29, 1.82) is 0 Å². The molecule has 0 bridgehead atoms. The Kier molecular flexibility index (Phi) is 8.28. The van der Waals surface area contributed by atoms with E-state index in [0.29, 0.717) is 12.4 Å². The van der Waals surface area contributed by atoms with Gasteiger partial charge in [0, 0.05) is 6.54 Å². The van der Waals surface area contributed by atoms with Crippen molar-refractivity contribution in [3.05, 3.63) is 29.6 Å². The van der Waals surface area contributed by atoms with Crippen molar-refractivity contribution in [2.75, 3.05) is 26.2 Å². The Balaban J connectivity index is 0.000000956. The first-order valence-electron chi connectivity index (χ1n) is 7.87. The van der Waals surface area contributed by atoms with Crippen LogP contribution >= 0.6 is 0 Å². The molecule has 1 aromatic carbocycles. The molecule has 1 saturated heterocycles.